The van der Waals surface area contributed by atoms with E-state index in [0.717, 1.165) is 16.7 Å². The number of aliphatic hydroxyl groups excluding tert-OH is 1. The summed E-state index contributed by atoms with van der Waals surface area (Å²) in [6.07, 6.45) is -0.746. The van der Waals surface area contributed by atoms with Crippen LogP contribution in [-0.4, -0.2) is 42.2 Å². The van der Waals surface area contributed by atoms with Gasteiger partial charge in [-0.2, -0.15) is 0 Å². The van der Waals surface area contributed by atoms with E-state index in [-0.39, 0.29) is 6.61 Å². The maximum atomic E-state index is 10.1. The first-order valence-electron chi connectivity index (χ1n) is 11.6. The first-order valence-corrected chi connectivity index (χ1v) is 11.6. The van der Waals surface area contributed by atoms with E-state index in [1.165, 1.54) is 0 Å². The van der Waals surface area contributed by atoms with Gasteiger partial charge >= 0.3 is 0 Å². The zero-order valence-corrected chi connectivity index (χ0v) is 19.2. The van der Waals surface area contributed by atoms with E-state index in [0.29, 0.717) is 19.8 Å². The normalized spacial score (nSPS) is 24.6. The lowest BCUT2D eigenvalue weighted by Gasteiger charge is -2.45. The molecule has 0 aromatic heterocycles. The van der Waals surface area contributed by atoms with Crippen LogP contribution in [0.2, 0.25) is 0 Å². The lowest BCUT2D eigenvalue weighted by Crippen LogP contribution is -2.60. The Morgan fingerprint density at radius 3 is 1.47 bits per heavy atom. The van der Waals surface area contributed by atoms with Gasteiger partial charge in [-0.15, -0.1) is 6.58 Å². The highest BCUT2D eigenvalue weighted by atomic mass is 16.6. The van der Waals surface area contributed by atoms with Crippen molar-refractivity contribution in [2.24, 2.45) is 0 Å². The average molecular weight is 461 g/mol. The molecule has 1 N–H and O–H groups in total. The molecule has 1 aliphatic rings. The van der Waals surface area contributed by atoms with Crippen LogP contribution in [0.25, 0.3) is 0 Å². The number of benzene rings is 3. The monoisotopic (exact) mass is 460 g/mol. The van der Waals surface area contributed by atoms with Crippen molar-refractivity contribution in [3.8, 4) is 0 Å². The Morgan fingerprint density at radius 1 is 0.647 bits per heavy atom. The van der Waals surface area contributed by atoms with Gasteiger partial charge in [0.15, 0.2) is 0 Å². The van der Waals surface area contributed by atoms with E-state index < -0.39 is 30.5 Å². The highest BCUT2D eigenvalue weighted by Crippen LogP contribution is 2.30. The smallest absolute Gasteiger partial charge is 0.116 e. The van der Waals surface area contributed by atoms with Gasteiger partial charge in [0.05, 0.1) is 26.4 Å². The minimum Gasteiger partial charge on any atom is -0.394 e. The number of hydrogen-bond acceptors (Lipinski definition) is 5. The molecule has 3 aromatic carbocycles. The largest absolute Gasteiger partial charge is 0.394 e. The summed E-state index contributed by atoms with van der Waals surface area (Å²) in [6.45, 7) is 4.92. The van der Waals surface area contributed by atoms with Crippen LogP contribution >= 0.6 is 0 Å². The quantitative estimate of drug-likeness (QED) is 0.421. The van der Waals surface area contributed by atoms with Gasteiger partial charge in [0, 0.05) is 0 Å². The van der Waals surface area contributed by atoms with Crippen LogP contribution < -0.4 is 0 Å². The van der Waals surface area contributed by atoms with Crippen LogP contribution in [0.1, 0.15) is 16.7 Å². The maximum Gasteiger partial charge on any atom is 0.116 e. The second-order valence-electron chi connectivity index (χ2n) is 8.34. The summed E-state index contributed by atoms with van der Waals surface area (Å²) in [7, 11) is 0. The molecule has 4 rings (SSSR count). The van der Waals surface area contributed by atoms with Crippen molar-refractivity contribution >= 4 is 0 Å². The zero-order chi connectivity index (χ0) is 23.6. The first-order chi connectivity index (χ1) is 16.8. The Labute approximate surface area is 201 Å². The van der Waals surface area contributed by atoms with Crippen molar-refractivity contribution in [1.29, 1.82) is 0 Å². The minimum absolute atomic E-state index is 0.194. The van der Waals surface area contributed by atoms with Crippen LogP contribution in [0.5, 0.6) is 0 Å². The third-order valence-corrected chi connectivity index (χ3v) is 5.94. The summed E-state index contributed by atoms with van der Waals surface area (Å²) in [5.41, 5.74) is 3.14. The fourth-order valence-electron chi connectivity index (χ4n) is 4.16. The molecule has 0 amide bonds. The van der Waals surface area contributed by atoms with E-state index in [1.807, 2.05) is 91.0 Å². The van der Waals surface area contributed by atoms with Gasteiger partial charge < -0.3 is 24.1 Å². The molecule has 1 fully saturated rings. The SMILES string of the molecule is C=C[C@H]1OC(CO)[C@H](OCc2ccccc2)[C@@H](OCc2ccccc2)C1OCc1ccccc1. The molecular weight excluding hydrogens is 428 g/mol. The van der Waals surface area contributed by atoms with Gasteiger partial charge in [0.2, 0.25) is 0 Å². The summed E-state index contributed by atoms with van der Waals surface area (Å²) in [5.74, 6) is 0. The summed E-state index contributed by atoms with van der Waals surface area (Å²) in [6, 6.07) is 29.9. The molecule has 1 saturated heterocycles. The van der Waals surface area contributed by atoms with Crippen molar-refractivity contribution in [3.05, 3.63) is 120 Å². The van der Waals surface area contributed by atoms with Crippen molar-refractivity contribution in [2.45, 2.75) is 50.3 Å². The molecule has 0 saturated carbocycles. The lowest BCUT2D eigenvalue weighted by molar-refractivity contribution is -0.260. The Balaban J connectivity index is 1.57. The van der Waals surface area contributed by atoms with Crippen LogP contribution in [0.15, 0.2) is 104 Å². The third-order valence-electron chi connectivity index (χ3n) is 5.94. The number of aliphatic hydroxyl groups is 1. The highest BCUT2D eigenvalue weighted by molar-refractivity contribution is 5.16. The number of ether oxygens (including phenoxy) is 4. The predicted octanol–water partition coefficient (Wildman–Crippen LogP) is 4.69. The molecule has 2 unspecified atom stereocenters. The lowest BCUT2D eigenvalue weighted by atomic mass is 9.94. The molecule has 5 nitrogen and oxygen atoms in total. The highest BCUT2D eigenvalue weighted by Gasteiger charge is 2.47. The molecule has 0 spiro atoms. The van der Waals surface area contributed by atoms with Crippen molar-refractivity contribution < 1.29 is 24.1 Å². The predicted molar refractivity (Wildman–Crippen MR) is 131 cm³/mol. The van der Waals surface area contributed by atoms with Crippen LogP contribution in [0.3, 0.4) is 0 Å². The zero-order valence-electron chi connectivity index (χ0n) is 19.2. The van der Waals surface area contributed by atoms with Crippen LogP contribution in [0.4, 0.5) is 0 Å². The Hall–Kier alpha value is -2.80. The first kappa shape index (κ1) is 24.3. The summed E-state index contributed by atoms with van der Waals surface area (Å²) < 4.78 is 25.3. The van der Waals surface area contributed by atoms with Crippen molar-refractivity contribution in [1.82, 2.24) is 0 Å². The second-order valence-corrected chi connectivity index (χ2v) is 8.34. The van der Waals surface area contributed by atoms with Gasteiger partial charge in [-0.05, 0) is 16.7 Å². The van der Waals surface area contributed by atoms with Gasteiger partial charge in [-0.25, -0.2) is 0 Å². The van der Waals surface area contributed by atoms with Gasteiger partial charge in [0.1, 0.15) is 30.5 Å². The van der Waals surface area contributed by atoms with Crippen molar-refractivity contribution in [3.63, 3.8) is 0 Å². The van der Waals surface area contributed by atoms with Crippen molar-refractivity contribution in [2.75, 3.05) is 6.61 Å². The van der Waals surface area contributed by atoms with Gasteiger partial charge in [0.25, 0.3) is 0 Å². The molecular formula is C29H32O5. The molecule has 0 aliphatic carbocycles. The summed E-state index contributed by atoms with van der Waals surface area (Å²) >= 11 is 0. The summed E-state index contributed by atoms with van der Waals surface area (Å²) in [5, 5.41) is 10.1. The van der Waals surface area contributed by atoms with E-state index in [1.54, 1.807) is 6.08 Å². The Kier molecular flexibility index (Phi) is 9.02. The molecule has 3 aromatic rings. The van der Waals surface area contributed by atoms with Crippen LogP contribution in [0, 0.1) is 0 Å². The second kappa shape index (κ2) is 12.6. The standard InChI is InChI=1S/C29H32O5/c1-2-25-27(31-19-22-12-6-3-7-13-22)29(33-21-24-16-10-5-11-17-24)28(26(18-30)34-25)32-20-23-14-8-4-9-15-23/h2-17,25-30H,1,18-21H2/t25-,26?,27?,28+,29+/m1/s1. The van der Waals surface area contributed by atoms with Gasteiger partial charge in [-0.3, -0.25) is 0 Å². The Morgan fingerprint density at radius 2 is 1.06 bits per heavy atom. The molecule has 178 valence electrons. The molecule has 1 heterocycles. The van der Waals surface area contributed by atoms with E-state index in [9.17, 15) is 5.11 Å². The molecule has 0 radical (unpaired) electrons. The van der Waals surface area contributed by atoms with E-state index >= 15 is 0 Å². The fourth-order valence-corrected chi connectivity index (χ4v) is 4.16. The molecule has 1 aliphatic heterocycles. The fraction of sp³-hybridized carbons (Fsp3) is 0.310. The van der Waals surface area contributed by atoms with Crippen LogP contribution in [-0.2, 0) is 38.8 Å². The number of rotatable bonds is 11. The molecule has 0 bridgehead atoms. The topological polar surface area (TPSA) is 57.2 Å². The Bertz CT molecular complexity index is 979. The molecule has 34 heavy (non-hydrogen) atoms. The minimum atomic E-state index is -0.566. The maximum absolute atomic E-state index is 10.1. The third kappa shape index (κ3) is 6.41. The van der Waals surface area contributed by atoms with E-state index in [2.05, 4.69) is 6.58 Å². The molecule has 5 heteroatoms. The van der Waals surface area contributed by atoms with E-state index in [4.69, 9.17) is 18.9 Å². The average Bonchev–Trinajstić information content (AvgIpc) is 2.91. The summed E-state index contributed by atoms with van der Waals surface area (Å²) in [4.78, 5) is 0. The van der Waals surface area contributed by atoms with Gasteiger partial charge in [-0.1, -0.05) is 97.1 Å². The molecule has 5 atom stereocenters. The number of hydrogen-bond donors (Lipinski definition) is 1.